The first kappa shape index (κ1) is 16.2. The molecule has 0 saturated carbocycles. The molecule has 4 heteroatoms. The summed E-state index contributed by atoms with van der Waals surface area (Å²) in [7, 11) is 2.81. The Morgan fingerprint density at radius 3 is 1.50 bits per heavy atom. The molecule has 0 amide bonds. The maximum atomic E-state index is 12.1. The van der Waals surface area contributed by atoms with Gasteiger partial charge in [-0.2, -0.15) is 0 Å². The minimum absolute atomic E-state index is 0.298. The zero-order valence-corrected chi connectivity index (χ0v) is 13.9. The fraction of sp³-hybridized carbons (Fsp3) is 0.300. The summed E-state index contributed by atoms with van der Waals surface area (Å²) < 4.78 is 9.83. The first-order valence-corrected chi connectivity index (χ1v) is 8.02. The number of methoxy groups -OCH3 is 2. The highest BCUT2D eigenvalue weighted by molar-refractivity contribution is 5.92. The molecule has 4 bridgehead atoms. The van der Waals surface area contributed by atoms with Crippen molar-refractivity contribution in [3.05, 3.63) is 69.8 Å². The van der Waals surface area contributed by atoms with Crippen LogP contribution >= 0.6 is 0 Å². The smallest absolute Gasteiger partial charge is 0.338 e. The van der Waals surface area contributed by atoms with Crippen molar-refractivity contribution in [2.24, 2.45) is 0 Å². The molecule has 0 aromatic heterocycles. The van der Waals surface area contributed by atoms with E-state index >= 15 is 0 Å². The van der Waals surface area contributed by atoms with Crippen LogP contribution in [0.1, 0.15) is 43.0 Å². The molecule has 4 nitrogen and oxygen atoms in total. The van der Waals surface area contributed by atoms with Crippen LogP contribution in [0.4, 0.5) is 0 Å². The zero-order valence-electron chi connectivity index (χ0n) is 13.9. The molecule has 0 spiro atoms. The van der Waals surface area contributed by atoms with Crippen LogP contribution in [0.15, 0.2) is 36.4 Å². The molecule has 24 heavy (non-hydrogen) atoms. The standard InChI is InChI=1S/C20H20O4/c1-23-19(21)17-11-13-3-7-15(17)9-5-14-4-8-16(10-6-13)18(12-14)20(22)24-2/h3-4,7-8,11-12H,5-6,9-10H2,1-2H3. The average Bonchev–Trinajstić information content (AvgIpc) is 2.62. The van der Waals surface area contributed by atoms with Gasteiger partial charge in [-0.1, -0.05) is 24.3 Å². The number of carbonyl (C=O) groups excluding carboxylic acids is 2. The van der Waals surface area contributed by atoms with Gasteiger partial charge in [0.1, 0.15) is 0 Å². The van der Waals surface area contributed by atoms with Gasteiger partial charge in [0, 0.05) is 0 Å². The topological polar surface area (TPSA) is 52.6 Å². The Labute approximate surface area is 141 Å². The maximum absolute atomic E-state index is 12.1. The van der Waals surface area contributed by atoms with Gasteiger partial charge in [-0.15, -0.1) is 0 Å². The molecule has 0 radical (unpaired) electrons. The second-order valence-corrected chi connectivity index (χ2v) is 5.97. The highest BCUT2D eigenvalue weighted by Crippen LogP contribution is 2.22. The number of esters is 2. The van der Waals surface area contributed by atoms with Gasteiger partial charge in [0.2, 0.25) is 0 Å². The third-order valence-electron chi connectivity index (χ3n) is 4.53. The van der Waals surface area contributed by atoms with E-state index in [0.717, 1.165) is 35.1 Å². The molecule has 4 aliphatic carbocycles. The van der Waals surface area contributed by atoms with Gasteiger partial charge in [0.25, 0.3) is 0 Å². The van der Waals surface area contributed by atoms with E-state index in [1.807, 2.05) is 36.4 Å². The molecule has 0 heterocycles. The fourth-order valence-corrected chi connectivity index (χ4v) is 3.15. The number of hydrogen-bond acceptors (Lipinski definition) is 4. The summed E-state index contributed by atoms with van der Waals surface area (Å²) in [5.41, 5.74) is 5.32. The Kier molecular flexibility index (Phi) is 4.65. The SMILES string of the molecule is COC(=O)c1cc2ccc1CCc1ccc(c(C(=O)OC)c1)CC2. The lowest BCUT2D eigenvalue weighted by molar-refractivity contribution is 0.0591. The Hall–Kier alpha value is -2.62. The van der Waals surface area contributed by atoms with E-state index in [4.69, 9.17) is 9.47 Å². The van der Waals surface area contributed by atoms with Crippen molar-refractivity contribution in [2.45, 2.75) is 25.7 Å². The van der Waals surface area contributed by atoms with E-state index in [-0.39, 0.29) is 11.9 Å². The first-order valence-electron chi connectivity index (χ1n) is 8.02. The predicted octanol–water partition coefficient (Wildman–Crippen LogP) is 3.14. The lowest BCUT2D eigenvalue weighted by Crippen LogP contribution is -2.11. The third kappa shape index (κ3) is 3.18. The Morgan fingerprint density at radius 2 is 1.12 bits per heavy atom. The van der Waals surface area contributed by atoms with E-state index in [0.29, 0.717) is 24.0 Å². The molecule has 6 rings (SSSR count). The number of hydrogen-bond donors (Lipinski definition) is 0. The second-order valence-electron chi connectivity index (χ2n) is 5.97. The van der Waals surface area contributed by atoms with Crippen LogP contribution in [0.3, 0.4) is 0 Å². The summed E-state index contributed by atoms with van der Waals surface area (Å²) in [5, 5.41) is 0. The van der Waals surface area contributed by atoms with Crippen molar-refractivity contribution in [2.75, 3.05) is 14.2 Å². The van der Waals surface area contributed by atoms with E-state index in [1.165, 1.54) is 14.2 Å². The molecule has 124 valence electrons. The van der Waals surface area contributed by atoms with Crippen LogP contribution in [0, 0.1) is 0 Å². The Balaban J connectivity index is 2.03. The summed E-state index contributed by atoms with van der Waals surface area (Å²) in [4.78, 5) is 24.1. The highest BCUT2D eigenvalue weighted by atomic mass is 16.5. The number of rotatable bonds is 2. The summed E-state index contributed by atoms with van der Waals surface area (Å²) in [5.74, 6) is -0.596. The van der Waals surface area contributed by atoms with Crippen LogP contribution in [-0.4, -0.2) is 26.2 Å². The molecule has 0 saturated heterocycles. The lowest BCUT2D eigenvalue weighted by Gasteiger charge is -2.15. The van der Waals surface area contributed by atoms with Crippen LogP contribution in [0.25, 0.3) is 0 Å². The maximum Gasteiger partial charge on any atom is 0.338 e. The molecule has 2 aromatic carbocycles. The van der Waals surface area contributed by atoms with E-state index in [9.17, 15) is 9.59 Å². The van der Waals surface area contributed by atoms with Gasteiger partial charge < -0.3 is 9.47 Å². The van der Waals surface area contributed by atoms with Crippen molar-refractivity contribution in [3.8, 4) is 0 Å². The van der Waals surface area contributed by atoms with Gasteiger partial charge >= 0.3 is 11.9 Å². The molecule has 0 fully saturated rings. The minimum atomic E-state index is -0.298. The summed E-state index contributed by atoms with van der Waals surface area (Å²) in [6.07, 6.45) is 2.91. The van der Waals surface area contributed by atoms with Crippen molar-refractivity contribution >= 4 is 11.9 Å². The molecular formula is C20H20O4. The zero-order chi connectivity index (χ0) is 17.1. The van der Waals surface area contributed by atoms with E-state index < -0.39 is 0 Å². The average molecular weight is 324 g/mol. The second kappa shape index (κ2) is 6.87. The van der Waals surface area contributed by atoms with Gasteiger partial charge in [-0.3, -0.25) is 0 Å². The molecule has 0 aliphatic heterocycles. The van der Waals surface area contributed by atoms with Crippen molar-refractivity contribution in [1.29, 1.82) is 0 Å². The quantitative estimate of drug-likeness (QED) is 0.796. The predicted molar refractivity (Wildman–Crippen MR) is 90.4 cm³/mol. The molecular weight excluding hydrogens is 304 g/mol. The molecule has 4 aliphatic rings. The summed E-state index contributed by atoms with van der Waals surface area (Å²) in [6, 6.07) is 11.9. The number of aryl methyl sites for hydroxylation is 4. The summed E-state index contributed by atoms with van der Waals surface area (Å²) in [6.45, 7) is 0. The summed E-state index contributed by atoms with van der Waals surface area (Å²) >= 11 is 0. The third-order valence-corrected chi connectivity index (χ3v) is 4.53. The van der Waals surface area contributed by atoms with Crippen LogP contribution in [0.2, 0.25) is 0 Å². The normalized spacial score (nSPS) is 13.1. The van der Waals surface area contributed by atoms with E-state index in [2.05, 4.69) is 0 Å². The van der Waals surface area contributed by atoms with Crippen molar-refractivity contribution in [1.82, 2.24) is 0 Å². The largest absolute Gasteiger partial charge is 0.465 e. The van der Waals surface area contributed by atoms with Crippen molar-refractivity contribution < 1.29 is 19.1 Å². The molecule has 0 N–H and O–H groups in total. The fourth-order valence-electron chi connectivity index (χ4n) is 3.15. The van der Waals surface area contributed by atoms with Crippen molar-refractivity contribution in [3.63, 3.8) is 0 Å². The highest BCUT2D eigenvalue weighted by Gasteiger charge is 2.17. The molecule has 2 aromatic rings. The van der Waals surface area contributed by atoms with Crippen LogP contribution in [-0.2, 0) is 35.2 Å². The minimum Gasteiger partial charge on any atom is -0.465 e. The number of ether oxygens (including phenoxy) is 2. The van der Waals surface area contributed by atoms with Crippen LogP contribution in [0.5, 0.6) is 0 Å². The van der Waals surface area contributed by atoms with Crippen LogP contribution < -0.4 is 0 Å². The Morgan fingerprint density at radius 1 is 0.708 bits per heavy atom. The van der Waals surface area contributed by atoms with Gasteiger partial charge in [-0.25, -0.2) is 9.59 Å². The Bertz CT molecular complexity index is 725. The molecule has 0 unspecified atom stereocenters. The number of carbonyl (C=O) groups is 2. The van der Waals surface area contributed by atoms with Gasteiger partial charge in [-0.05, 0) is 60.1 Å². The van der Waals surface area contributed by atoms with Gasteiger partial charge in [0.15, 0.2) is 0 Å². The lowest BCUT2D eigenvalue weighted by atomic mass is 9.91. The first-order chi connectivity index (χ1) is 11.6. The van der Waals surface area contributed by atoms with E-state index in [1.54, 1.807) is 0 Å². The van der Waals surface area contributed by atoms with Gasteiger partial charge in [0.05, 0.1) is 25.3 Å². The number of benzene rings is 2. The molecule has 0 atom stereocenters. The monoisotopic (exact) mass is 324 g/mol.